The molecule has 0 aliphatic heterocycles. The number of nitrogens with zero attached hydrogens (tertiary/aromatic N) is 2. The van der Waals surface area contributed by atoms with Gasteiger partial charge in [-0.3, -0.25) is 4.40 Å². The summed E-state index contributed by atoms with van der Waals surface area (Å²) in [4.78, 5) is 4.20. The summed E-state index contributed by atoms with van der Waals surface area (Å²) >= 11 is 11.9. The first-order chi connectivity index (χ1) is 7.72. The van der Waals surface area contributed by atoms with Crippen molar-refractivity contribution in [3.05, 3.63) is 46.9 Å². The third-order valence-corrected chi connectivity index (χ3v) is 2.63. The molecule has 0 aliphatic carbocycles. The monoisotopic (exact) mass is 256 g/mol. The number of hydrogen-bond acceptors (Lipinski definition) is 2. The zero-order chi connectivity index (χ0) is 11.5. The van der Waals surface area contributed by atoms with Crippen molar-refractivity contribution in [2.24, 2.45) is 0 Å². The van der Waals surface area contributed by atoms with E-state index < -0.39 is 0 Å². The molecule has 0 bridgehead atoms. The van der Waals surface area contributed by atoms with Crippen molar-refractivity contribution in [2.75, 3.05) is 6.61 Å². The molecule has 2 heterocycles. The minimum atomic E-state index is 0.381. The van der Waals surface area contributed by atoms with Crippen molar-refractivity contribution in [1.82, 2.24) is 9.38 Å². The molecule has 16 heavy (non-hydrogen) atoms. The lowest BCUT2D eigenvalue weighted by Gasteiger charge is -2.02. The molecule has 2 aromatic rings. The Hall–Kier alpha value is -1.03. The Labute approximate surface area is 103 Å². The van der Waals surface area contributed by atoms with Crippen LogP contribution in [-0.2, 0) is 11.3 Å². The zero-order valence-electron chi connectivity index (χ0n) is 8.49. The summed E-state index contributed by atoms with van der Waals surface area (Å²) in [5.74, 6) is 0. The van der Waals surface area contributed by atoms with E-state index in [1.807, 2.05) is 10.5 Å². The van der Waals surface area contributed by atoms with Gasteiger partial charge >= 0.3 is 0 Å². The minimum absolute atomic E-state index is 0.381. The summed E-state index contributed by atoms with van der Waals surface area (Å²) in [7, 11) is 0. The van der Waals surface area contributed by atoms with Crippen LogP contribution in [0.2, 0.25) is 10.2 Å². The van der Waals surface area contributed by atoms with Gasteiger partial charge in [-0.05, 0) is 12.1 Å². The fourth-order valence-electron chi connectivity index (χ4n) is 1.41. The van der Waals surface area contributed by atoms with Gasteiger partial charge in [-0.1, -0.05) is 29.3 Å². The second-order valence-corrected chi connectivity index (χ2v) is 4.02. The maximum atomic E-state index is 6.02. The van der Waals surface area contributed by atoms with E-state index in [-0.39, 0.29) is 0 Å². The lowest BCUT2D eigenvalue weighted by molar-refractivity contribution is 0.145. The molecule has 0 atom stereocenters. The SMILES string of the molecule is C=CCOCc1c(Cl)nc2ccc(Cl)cn12. The fourth-order valence-corrected chi connectivity index (χ4v) is 1.80. The van der Waals surface area contributed by atoms with Gasteiger partial charge < -0.3 is 4.74 Å². The van der Waals surface area contributed by atoms with Crippen LogP contribution >= 0.6 is 23.2 Å². The number of ether oxygens (including phenoxy) is 1. The number of pyridine rings is 1. The molecular weight excluding hydrogens is 247 g/mol. The van der Waals surface area contributed by atoms with Crippen LogP contribution in [0.3, 0.4) is 0 Å². The second kappa shape index (κ2) is 4.87. The highest BCUT2D eigenvalue weighted by Crippen LogP contribution is 2.20. The third-order valence-electron chi connectivity index (χ3n) is 2.11. The highest BCUT2D eigenvalue weighted by atomic mass is 35.5. The van der Waals surface area contributed by atoms with E-state index >= 15 is 0 Å². The van der Waals surface area contributed by atoms with Gasteiger partial charge in [-0.15, -0.1) is 6.58 Å². The van der Waals surface area contributed by atoms with Gasteiger partial charge in [0, 0.05) is 6.20 Å². The molecule has 0 aliphatic rings. The van der Waals surface area contributed by atoms with Crippen LogP contribution in [0.5, 0.6) is 0 Å². The van der Waals surface area contributed by atoms with Gasteiger partial charge in [-0.2, -0.15) is 0 Å². The predicted molar refractivity (Wildman–Crippen MR) is 65.1 cm³/mol. The van der Waals surface area contributed by atoms with Crippen molar-refractivity contribution >= 4 is 28.8 Å². The fraction of sp³-hybridized carbons (Fsp3) is 0.182. The van der Waals surface area contributed by atoms with Crippen LogP contribution in [0, 0.1) is 0 Å². The molecule has 0 unspecified atom stereocenters. The summed E-state index contributed by atoms with van der Waals surface area (Å²) in [5.41, 5.74) is 1.55. The lowest BCUT2D eigenvalue weighted by Crippen LogP contribution is -1.97. The molecule has 2 rings (SSSR count). The van der Waals surface area contributed by atoms with Crippen LogP contribution in [0.4, 0.5) is 0 Å². The Morgan fingerprint density at radius 1 is 1.44 bits per heavy atom. The lowest BCUT2D eigenvalue weighted by atomic mass is 10.4. The van der Waals surface area contributed by atoms with Gasteiger partial charge in [0.15, 0.2) is 5.15 Å². The number of aromatic nitrogens is 2. The Kier molecular flexibility index (Phi) is 3.49. The number of fused-ring (bicyclic) bond motifs is 1. The van der Waals surface area contributed by atoms with E-state index in [9.17, 15) is 0 Å². The molecule has 2 aromatic heterocycles. The maximum absolute atomic E-state index is 6.02. The summed E-state index contributed by atoms with van der Waals surface area (Å²) in [6, 6.07) is 3.58. The van der Waals surface area contributed by atoms with Gasteiger partial charge in [0.1, 0.15) is 5.65 Å². The van der Waals surface area contributed by atoms with E-state index in [2.05, 4.69) is 11.6 Å². The Bertz CT molecular complexity index is 522. The van der Waals surface area contributed by atoms with Gasteiger partial charge in [0.2, 0.25) is 0 Å². The van der Waals surface area contributed by atoms with Crippen molar-refractivity contribution in [2.45, 2.75) is 6.61 Å². The average molecular weight is 257 g/mol. The number of halogens is 2. The van der Waals surface area contributed by atoms with Crippen LogP contribution in [0.1, 0.15) is 5.69 Å². The van der Waals surface area contributed by atoms with Gasteiger partial charge in [-0.25, -0.2) is 4.98 Å². The highest BCUT2D eigenvalue weighted by molar-refractivity contribution is 6.31. The van der Waals surface area contributed by atoms with Gasteiger partial charge in [0.25, 0.3) is 0 Å². The van der Waals surface area contributed by atoms with Crippen LogP contribution in [0.15, 0.2) is 31.0 Å². The molecule has 0 amide bonds. The smallest absolute Gasteiger partial charge is 0.153 e. The minimum Gasteiger partial charge on any atom is -0.371 e. The molecule has 0 spiro atoms. The summed E-state index contributed by atoms with van der Waals surface area (Å²) < 4.78 is 7.18. The van der Waals surface area contributed by atoms with E-state index in [0.29, 0.717) is 23.4 Å². The van der Waals surface area contributed by atoms with Crippen molar-refractivity contribution < 1.29 is 4.74 Å². The van der Waals surface area contributed by atoms with Gasteiger partial charge in [0.05, 0.1) is 23.9 Å². The average Bonchev–Trinajstić information content (AvgIpc) is 2.56. The van der Waals surface area contributed by atoms with E-state index in [0.717, 1.165) is 11.3 Å². The molecular formula is C11H10Cl2N2O. The maximum Gasteiger partial charge on any atom is 0.153 e. The Morgan fingerprint density at radius 3 is 3.00 bits per heavy atom. The molecule has 84 valence electrons. The van der Waals surface area contributed by atoms with Crippen LogP contribution < -0.4 is 0 Å². The first kappa shape index (κ1) is 11.5. The largest absolute Gasteiger partial charge is 0.371 e. The first-order valence-corrected chi connectivity index (χ1v) is 5.48. The standard InChI is InChI=1S/C11H10Cl2N2O/c1-2-5-16-7-9-11(13)14-10-4-3-8(12)6-15(9)10/h2-4,6H,1,5,7H2. The normalized spacial score (nSPS) is 10.9. The van der Waals surface area contributed by atoms with Crippen molar-refractivity contribution in [3.63, 3.8) is 0 Å². The summed E-state index contributed by atoms with van der Waals surface area (Å²) in [5, 5.41) is 1.07. The van der Waals surface area contributed by atoms with E-state index in [4.69, 9.17) is 27.9 Å². The third kappa shape index (κ3) is 2.21. The molecule has 0 fully saturated rings. The molecule has 0 aromatic carbocycles. The molecule has 0 saturated carbocycles. The predicted octanol–water partition coefficient (Wildman–Crippen LogP) is 3.34. The second-order valence-electron chi connectivity index (χ2n) is 3.23. The van der Waals surface area contributed by atoms with Crippen molar-refractivity contribution in [1.29, 1.82) is 0 Å². The number of imidazole rings is 1. The molecule has 0 radical (unpaired) electrons. The Balaban J connectivity index is 2.38. The number of hydrogen-bond donors (Lipinski definition) is 0. The Morgan fingerprint density at radius 2 is 2.25 bits per heavy atom. The topological polar surface area (TPSA) is 26.5 Å². The first-order valence-electron chi connectivity index (χ1n) is 4.73. The summed E-state index contributed by atoms with van der Waals surface area (Å²) in [6.07, 6.45) is 3.45. The summed E-state index contributed by atoms with van der Waals surface area (Å²) in [6.45, 7) is 4.43. The molecule has 0 N–H and O–H groups in total. The van der Waals surface area contributed by atoms with Crippen LogP contribution in [0.25, 0.3) is 5.65 Å². The highest BCUT2D eigenvalue weighted by Gasteiger charge is 2.10. The molecule has 3 nitrogen and oxygen atoms in total. The number of rotatable bonds is 4. The molecule has 0 saturated heterocycles. The zero-order valence-corrected chi connectivity index (χ0v) is 10.0. The van der Waals surface area contributed by atoms with E-state index in [1.165, 1.54) is 0 Å². The quantitative estimate of drug-likeness (QED) is 0.620. The van der Waals surface area contributed by atoms with E-state index in [1.54, 1.807) is 18.3 Å². The van der Waals surface area contributed by atoms with Crippen molar-refractivity contribution in [3.8, 4) is 0 Å². The van der Waals surface area contributed by atoms with Crippen LogP contribution in [-0.4, -0.2) is 16.0 Å². The molecule has 5 heteroatoms.